The molecule has 0 aliphatic carbocycles. The number of carboxylic acid groups (broad SMARTS) is 1. The molecular weight excluding hydrogens is 451 g/mol. The highest BCUT2D eigenvalue weighted by atomic mass is 19.4. The summed E-state index contributed by atoms with van der Waals surface area (Å²) in [5, 5.41) is 12.8. The molecule has 8 nitrogen and oxygen atoms in total. The molecular formula is C23H28F3N5O3. The Hall–Kier alpha value is -3.08. The molecule has 184 valence electrons. The Balaban J connectivity index is 1.43. The summed E-state index contributed by atoms with van der Waals surface area (Å²) in [7, 11) is 1.96. The van der Waals surface area contributed by atoms with Crippen LogP contribution in [0, 0.1) is 0 Å². The summed E-state index contributed by atoms with van der Waals surface area (Å²) < 4.78 is 40.8. The van der Waals surface area contributed by atoms with Gasteiger partial charge in [0, 0.05) is 50.1 Å². The molecule has 0 atom stereocenters. The van der Waals surface area contributed by atoms with Crippen molar-refractivity contribution in [1.29, 1.82) is 0 Å². The molecule has 3 heterocycles. The maximum atomic E-state index is 13.3. The Bertz CT molecular complexity index is 1070. The van der Waals surface area contributed by atoms with E-state index in [1.807, 2.05) is 11.9 Å². The van der Waals surface area contributed by atoms with Crippen molar-refractivity contribution in [3.05, 3.63) is 47.3 Å². The number of hydrogen-bond donors (Lipinski definition) is 1. The third-order valence-electron chi connectivity index (χ3n) is 7.05. The summed E-state index contributed by atoms with van der Waals surface area (Å²) in [6, 6.07) is 4.88. The van der Waals surface area contributed by atoms with Crippen LogP contribution in [0.15, 0.2) is 30.5 Å². The van der Waals surface area contributed by atoms with E-state index in [0.717, 1.165) is 35.8 Å². The normalized spacial score (nSPS) is 18.2. The summed E-state index contributed by atoms with van der Waals surface area (Å²) in [6.07, 6.45) is -0.732. The predicted molar refractivity (Wildman–Crippen MR) is 119 cm³/mol. The number of carbonyl (C=O) groups is 2. The molecule has 0 saturated carbocycles. The number of likely N-dealkylation sites (tertiary alicyclic amines) is 1. The lowest BCUT2D eigenvalue weighted by Crippen LogP contribution is -2.53. The molecule has 0 unspecified atom stereocenters. The second kappa shape index (κ2) is 8.94. The average molecular weight is 480 g/mol. The number of rotatable bonds is 5. The van der Waals surface area contributed by atoms with E-state index in [0.29, 0.717) is 38.2 Å². The van der Waals surface area contributed by atoms with E-state index in [-0.39, 0.29) is 17.3 Å². The van der Waals surface area contributed by atoms with E-state index in [1.165, 1.54) is 18.3 Å². The fourth-order valence-corrected chi connectivity index (χ4v) is 4.42. The van der Waals surface area contributed by atoms with Gasteiger partial charge in [0.1, 0.15) is 0 Å². The maximum Gasteiger partial charge on any atom is 0.416 e. The number of hydrogen-bond acceptors (Lipinski definition) is 5. The Labute approximate surface area is 195 Å². The molecule has 1 N–H and O–H groups in total. The van der Waals surface area contributed by atoms with Crippen LogP contribution in [0.3, 0.4) is 0 Å². The minimum absolute atomic E-state index is 0.190. The van der Waals surface area contributed by atoms with E-state index in [2.05, 4.69) is 16.9 Å². The molecule has 2 aliphatic heterocycles. The molecule has 0 spiro atoms. The lowest BCUT2D eigenvalue weighted by Gasteiger charge is -2.45. The first-order valence-electron chi connectivity index (χ1n) is 11.2. The van der Waals surface area contributed by atoms with Crippen LogP contribution in [-0.2, 0) is 12.7 Å². The average Bonchev–Trinajstić information content (AvgIpc) is 3.23. The van der Waals surface area contributed by atoms with Crippen molar-refractivity contribution in [2.45, 2.75) is 44.4 Å². The Kier molecular flexibility index (Phi) is 6.32. The summed E-state index contributed by atoms with van der Waals surface area (Å²) in [4.78, 5) is 29.5. The number of piperidine rings is 1. The summed E-state index contributed by atoms with van der Waals surface area (Å²) in [5.41, 5.74) is 0.417. The van der Waals surface area contributed by atoms with Crippen molar-refractivity contribution in [3.63, 3.8) is 0 Å². The number of alkyl halides is 3. The van der Waals surface area contributed by atoms with Crippen molar-refractivity contribution in [1.82, 2.24) is 19.6 Å². The van der Waals surface area contributed by atoms with Crippen LogP contribution in [0.2, 0.25) is 0 Å². The van der Waals surface area contributed by atoms with Gasteiger partial charge in [0.05, 0.1) is 5.56 Å². The van der Waals surface area contributed by atoms with Gasteiger partial charge in [-0.15, -0.1) is 0 Å². The number of aromatic nitrogens is 2. The largest absolute Gasteiger partial charge is 0.476 e. The van der Waals surface area contributed by atoms with E-state index >= 15 is 0 Å². The molecule has 2 saturated heterocycles. The van der Waals surface area contributed by atoms with Gasteiger partial charge >= 0.3 is 18.2 Å². The van der Waals surface area contributed by atoms with Crippen LogP contribution in [0.25, 0.3) is 0 Å². The highest BCUT2D eigenvalue weighted by molar-refractivity contribution is 5.86. The minimum Gasteiger partial charge on any atom is -0.476 e. The molecule has 11 heteroatoms. The van der Waals surface area contributed by atoms with Crippen molar-refractivity contribution in [2.75, 3.05) is 38.1 Å². The Morgan fingerprint density at radius 3 is 2.35 bits per heavy atom. The molecule has 34 heavy (non-hydrogen) atoms. The summed E-state index contributed by atoms with van der Waals surface area (Å²) in [5.74, 6) is -1.19. The quantitative estimate of drug-likeness (QED) is 0.703. The number of nitrogens with zero attached hydrogens (tertiary/aromatic N) is 5. The van der Waals surface area contributed by atoms with Crippen molar-refractivity contribution >= 4 is 17.7 Å². The molecule has 1 amide bonds. The molecule has 0 bridgehead atoms. The predicted octanol–water partition coefficient (Wildman–Crippen LogP) is 3.76. The van der Waals surface area contributed by atoms with Gasteiger partial charge < -0.3 is 14.9 Å². The van der Waals surface area contributed by atoms with Crippen LogP contribution in [0.1, 0.15) is 47.8 Å². The van der Waals surface area contributed by atoms with E-state index in [9.17, 15) is 22.8 Å². The fraction of sp³-hybridized carbons (Fsp3) is 0.522. The Morgan fingerprint density at radius 2 is 1.82 bits per heavy atom. The van der Waals surface area contributed by atoms with Gasteiger partial charge in [-0.2, -0.15) is 23.0 Å². The first-order valence-corrected chi connectivity index (χ1v) is 11.2. The number of amides is 1. The highest BCUT2D eigenvalue weighted by Crippen LogP contribution is 2.37. The zero-order valence-electron chi connectivity index (χ0n) is 19.2. The zero-order valence-corrected chi connectivity index (χ0v) is 19.2. The third-order valence-corrected chi connectivity index (χ3v) is 7.05. The van der Waals surface area contributed by atoms with Crippen molar-refractivity contribution < 1.29 is 27.9 Å². The number of benzene rings is 1. The van der Waals surface area contributed by atoms with Crippen molar-refractivity contribution in [3.8, 4) is 0 Å². The van der Waals surface area contributed by atoms with Gasteiger partial charge in [-0.3, -0.25) is 4.90 Å². The zero-order chi connectivity index (χ0) is 24.7. The molecule has 0 radical (unpaired) electrons. The molecule has 1 aromatic carbocycles. The maximum absolute atomic E-state index is 13.3. The van der Waals surface area contributed by atoms with Crippen LogP contribution in [0.4, 0.5) is 23.7 Å². The van der Waals surface area contributed by atoms with Crippen molar-refractivity contribution in [2.24, 2.45) is 0 Å². The van der Waals surface area contributed by atoms with Gasteiger partial charge in [0.15, 0.2) is 5.69 Å². The monoisotopic (exact) mass is 479 g/mol. The van der Waals surface area contributed by atoms with Gasteiger partial charge in [-0.05, 0) is 57.0 Å². The summed E-state index contributed by atoms with van der Waals surface area (Å²) in [6.45, 7) is 5.03. The standard InChI is InChI=1S/C23H28F3N5O3/c1-22(7-12-30(13-8-22)21(34)31-11-6-18(27-31)20(32)33)28(2)15-16-4-5-17(23(24,25)26)14-19(16)29-9-3-10-29/h4-6,11,14H,3,7-10,12-13,15H2,1-2H3,(H,32,33). The lowest BCUT2D eigenvalue weighted by molar-refractivity contribution is -0.137. The van der Waals surface area contributed by atoms with Gasteiger partial charge in [0.25, 0.3) is 0 Å². The molecule has 2 aromatic rings. The van der Waals surface area contributed by atoms with E-state index in [4.69, 9.17) is 5.11 Å². The van der Waals surface area contributed by atoms with E-state index < -0.39 is 17.7 Å². The number of carboxylic acids is 1. The SMILES string of the molecule is CN(Cc1ccc(C(F)(F)F)cc1N1CCC1)C1(C)CCN(C(=O)n2ccc(C(=O)O)n2)CC1. The van der Waals surface area contributed by atoms with Gasteiger partial charge in [-0.1, -0.05) is 6.07 Å². The Morgan fingerprint density at radius 1 is 1.15 bits per heavy atom. The second-order valence-electron chi connectivity index (χ2n) is 9.26. The molecule has 1 aromatic heterocycles. The molecule has 4 rings (SSSR count). The number of anilines is 1. The highest BCUT2D eigenvalue weighted by Gasteiger charge is 2.37. The number of carbonyl (C=O) groups excluding carboxylic acids is 1. The van der Waals surface area contributed by atoms with Crippen LogP contribution >= 0.6 is 0 Å². The van der Waals surface area contributed by atoms with Crippen LogP contribution in [-0.4, -0.2) is 75.5 Å². The smallest absolute Gasteiger partial charge is 0.416 e. The summed E-state index contributed by atoms with van der Waals surface area (Å²) >= 11 is 0. The lowest BCUT2D eigenvalue weighted by atomic mass is 9.87. The molecule has 2 aliphatic rings. The third kappa shape index (κ3) is 4.75. The number of aromatic carboxylic acids is 1. The van der Waals surface area contributed by atoms with Gasteiger partial charge in [-0.25, -0.2) is 9.59 Å². The minimum atomic E-state index is -4.38. The first kappa shape index (κ1) is 24.1. The van der Waals surface area contributed by atoms with Crippen LogP contribution < -0.4 is 4.90 Å². The number of halogens is 3. The second-order valence-corrected chi connectivity index (χ2v) is 9.26. The van der Waals surface area contributed by atoms with Gasteiger partial charge in [0.2, 0.25) is 0 Å². The van der Waals surface area contributed by atoms with Crippen LogP contribution in [0.5, 0.6) is 0 Å². The topological polar surface area (TPSA) is 81.9 Å². The fourth-order valence-electron chi connectivity index (χ4n) is 4.42. The molecule has 2 fully saturated rings. The first-order chi connectivity index (χ1) is 16.0. The van der Waals surface area contributed by atoms with E-state index in [1.54, 1.807) is 11.0 Å².